The average Bonchev–Trinajstić information content (AvgIpc) is 3.22. The molecule has 0 amide bonds. The van der Waals surface area contributed by atoms with E-state index < -0.39 is 16.0 Å². The summed E-state index contributed by atoms with van der Waals surface area (Å²) < 4.78 is 33.6. The van der Waals surface area contributed by atoms with Crippen LogP contribution in [0, 0.1) is 0 Å². The lowest BCUT2D eigenvalue weighted by Crippen LogP contribution is -2.29. The Morgan fingerprint density at radius 1 is 1.14 bits per heavy atom. The van der Waals surface area contributed by atoms with Crippen LogP contribution < -0.4 is 14.4 Å². The molecule has 1 saturated heterocycles. The number of nitrogens with one attached hydrogen (secondary N) is 1. The number of anilines is 1. The van der Waals surface area contributed by atoms with Crippen LogP contribution in [0.1, 0.15) is 28.8 Å². The van der Waals surface area contributed by atoms with Crippen molar-refractivity contribution in [2.24, 2.45) is 0 Å². The summed E-state index contributed by atoms with van der Waals surface area (Å²) in [6, 6.07) is 11.7. The first kappa shape index (κ1) is 20.2. The van der Waals surface area contributed by atoms with E-state index >= 15 is 0 Å². The van der Waals surface area contributed by atoms with E-state index in [0.717, 1.165) is 37.2 Å². The molecule has 1 fully saturated rings. The molecule has 0 atom stereocenters. The average molecular weight is 404 g/mol. The quantitative estimate of drug-likeness (QED) is 0.702. The first-order valence-corrected chi connectivity index (χ1v) is 10.6. The van der Waals surface area contributed by atoms with Crippen molar-refractivity contribution in [3.8, 4) is 5.75 Å². The Morgan fingerprint density at radius 2 is 1.82 bits per heavy atom. The minimum Gasteiger partial charge on any atom is -0.497 e. The van der Waals surface area contributed by atoms with Crippen LogP contribution in [0.15, 0.2) is 47.4 Å². The fraction of sp³-hybridized carbons (Fsp3) is 0.350. The number of sulfonamides is 1. The van der Waals surface area contributed by atoms with Crippen LogP contribution >= 0.6 is 0 Å². The molecule has 0 saturated carbocycles. The Kier molecular flexibility index (Phi) is 6.21. The molecule has 0 unspecified atom stereocenters. The van der Waals surface area contributed by atoms with Crippen LogP contribution in [0.25, 0.3) is 0 Å². The smallest absolute Gasteiger partial charge is 0.335 e. The van der Waals surface area contributed by atoms with E-state index in [1.54, 1.807) is 13.2 Å². The van der Waals surface area contributed by atoms with Crippen LogP contribution in [0.5, 0.6) is 5.75 Å². The number of hydrogen-bond acceptors (Lipinski definition) is 5. The lowest BCUT2D eigenvalue weighted by Gasteiger charge is -2.22. The van der Waals surface area contributed by atoms with Crippen molar-refractivity contribution in [3.63, 3.8) is 0 Å². The fourth-order valence-corrected chi connectivity index (χ4v) is 4.56. The lowest BCUT2D eigenvalue weighted by atomic mass is 10.1. The highest BCUT2D eigenvalue weighted by Gasteiger charge is 2.25. The maximum absolute atomic E-state index is 12.9. The van der Waals surface area contributed by atoms with E-state index in [-0.39, 0.29) is 17.0 Å². The molecule has 0 spiro atoms. The van der Waals surface area contributed by atoms with Crippen LogP contribution in [-0.4, -0.2) is 46.2 Å². The van der Waals surface area contributed by atoms with Gasteiger partial charge in [0.15, 0.2) is 0 Å². The van der Waals surface area contributed by atoms with Gasteiger partial charge in [0.25, 0.3) is 0 Å². The Labute approximate surface area is 165 Å². The summed E-state index contributed by atoms with van der Waals surface area (Å²) in [5.74, 6) is -0.410. The predicted octanol–water partition coefficient (Wildman–Crippen LogP) is 2.51. The molecule has 150 valence electrons. The molecule has 0 bridgehead atoms. The summed E-state index contributed by atoms with van der Waals surface area (Å²) in [6.45, 7) is 1.74. The first-order chi connectivity index (χ1) is 13.4. The molecule has 8 heteroatoms. The van der Waals surface area contributed by atoms with Crippen molar-refractivity contribution in [2.45, 2.75) is 24.2 Å². The highest BCUT2D eigenvalue weighted by atomic mass is 32.2. The van der Waals surface area contributed by atoms with Crippen LogP contribution in [0.2, 0.25) is 0 Å². The van der Waals surface area contributed by atoms with E-state index in [1.165, 1.54) is 12.1 Å². The molecular weight excluding hydrogens is 380 g/mol. The minimum atomic E-state index is -3.85. The van der Waals surface area contributed by atoms with Gasteiger partial charge < -0.3 is 14.7 Å². The molecule has 1 aliphatic rings. The number of rotatable bonds is 8. The van der Waals surface area contributed by atoms with Crippen LogP contribution in [-0.2, 0) is 16.4 Å². The number of aromatic carboxylic acids is 1. The molecule has 0 aliphatic carbocycles. The standard InChI is InChI=1S/C20H24N2O5S/c1-27-17-7-4-15(5-8-17)10-11-21-28(25,26)19-14-16(20(23)24)6-9-18(19)22-12-2-3-13-22/h4-9,14,21H,2-3,10-13H2,1H3,(H,23,24). The fourth-order valence-electron chi connectivity index (χ4n) is 3.28. The zero-order valence-electron chi connectivity index (χ0n) is 15.7. The number of carbonyl (C=O) groups is 1. The maximum Gasteiger partial charge on any atom is 0.335 e. The van der Waals surface area contributed by atoms with E-state index in [0.29, 0.717) is 12.1 Å². The number of nitrogens with zero attached hydrogens (tertiary/aromatic N) is 1. The summed E-state index contributed by atoms with van der Waals surface area (Å²) in [7, 11) is -2.26. The first-order valence-electron chi connectivity index (χ1n) is 9.15. The van der Waals surface area contributed by atoms with Gasteiger partial charge in [-0.05, 0) is 55.2 Å². The zero-order valence-corrected chi connectivity index (χ0v) is 16.5. The second-order valence-electron chi connectivity index (χ2n) is 6.68. The Bertz CT molecular complexity index is 936. The second kappa shape index (κ2) is 8.62. The van der Waals surface area contributed by atoms with Crippen molar-refractivity contribution >= 4 is 21.7 Å². The Morgan fingerprint density at radius 3 is 2.43 bits per heavy atom. The second-order valence-corrected chi connectivity index (χ2v) is 8.41. The molecule has 1 heterocycles. The van der Waals surface area contributed by atoms with Gasteiger partial charge in [0, 0.05) is 19.6 Å². The number of carboxylic acid groups (broad SMARTS) is 1. The third-order valence-electron chi connectivity index (χ3n) is 4.81. The molecule has 3 rings (SSSR count). The van der Waals surface area contributed by atoms with Crippen molar-refractivity contribution < 1.29 is 23.1 Å². The predicted molar refractivity (Wildman–Crippen MR) is 107 cm³/mol. The third-order valence-corrected chi connectivity index (χ3v) is 6.30. The summed E-state index contributed by atoms with van der Waals surface area (Å²) >= 11 is 0. The number of ether oxygens (including phenoxy) is 1. The van der Waals surface area contributed by atoms with Gasteiger partial charge in [-0.1, -0.05) is 12.1 Å². The third kappa shape index (κ3) is 4.63. The molecule has 2 aromatic rings. The van der Waals surface area contributed by atoms with Crippen LogP contribution in [0.3, 0.4) is 0 Å². The summed E-state index contributed by atoms with van der Waals surface area (Å²) in [5.41, 5.74) is 1.49. The minimum absolute atomic E-state index is 0.0176. The van der Waals surface area contributed by atoms with Crippen molar-refractivity contribution in [3.05, 3.63) is 53.6 Å². The highest BCUT2D eigenvalue weighted by molar-refractivity contribution is 7.89. The number of methoxy groups -OCH3 is 1. The van der Waals surface area contributed by atoms with Gasteiger partial charge in [0.05, 0.1) is 18.4 Å². The number of benzene rings is 2. The van der Waals surface area contributed by atoms with E-state index in [9.17, 15) is 18.3 Å². The van der Waals surface area contributed by atoms with E-state index in [1.807, 2.05) is 29.2 Å². The molecule has 2 N–H and O–H groups in total. The zero-order chi connectivity index (χ0) is 20.1. The van der Waals surface area contributed by atoms with Crippen molar-refractivity contribution in [1.29, 1.82) is 0 Å². The molecule has 0 radical (unpaired) electrons. The lowest BCUT2D eigenvalue weighted by molar-refractivity contribution is 0.0696. The van der Waals surface area contributed by atoms with Gasteiger partial charge in [-0.25, -0.2) is 17.9 Å². The monoisotopic (exact) mass is 404 g/mol. The van der Waals surface area contributed by atoms with Gasteiger partial charge in [-0.2, -0.15) is 0 Å². The van der Waals surface area contributed by atoms with E-state index in [2.05, 4.69) is 4.72 Å². The van der Waals surface area contributed by atoms with Crippen molar-refractivity contribution in [1.82, 2.24) is 4.72 Å². The molecule has 1 aliphatic heterocycles. The summed E-state index contributed by atoms with van der Waals surface area (Å²) in [6.07, 6.45) is 2.50. The van der Waals surface area contributed by atoms with Gasteiger partial charge >= 0.3 is 5.97 Å². The molecular formula is C20H24N2O5S. The largest absolute Gasteiger partial charge is 0.497 e. The number of hydrogen-bond donors (Lipinski definition) is 2. The Balaban J connectivity index is 1.78. The highest BCUT2D eigenvalue weighted by Crippen LogP contribution is 2.29. The van der Waals surface area contributed by atoms with Gasteiger partial charge in [0.1, 0.15) is 10.6 Å². The van der Waals surface area contributed by atoms with Gasteiger partial charge in [-0.15, -0.1) is 0 Å². The van der Waals surface area contributed by atoms with E-state index in [4.69, 9.17) is 4.74 Å². The summed E-state index contributed by atoms with van der Waals surface area (Å²) in [5, 5.41) is 9.26. The normalized spacial score (nSPS) is 14.2. The molecule has 2 aromatic carbocycles. The topological polar surface area (TPSA) is 95.9 Å². The maximum atomic E-state index is 12.9. The van der Waals surface area contributed by atoms with Crippen LogP contribution in [0.4, 0.5) is 5.69 Å². The number of carboxylic acids is 1. The molecule has 0 aromatic heterocycles. The van der Waals surface area contributed by atoms with Crippen molar-refractivity contribution in [2.75, 3.05) is 31.6 Å². The summed E-state index contributed by atoms with van der Waals surface area (Å²) in [4.78, 5) is 13.3. The molecule has 7 nitrogen and oxygen atoms in total. The Hall–Kier alpha value is -2.58. The SMILES string of the molecule is COc1ccc(CCNS(=O)(=O)c2cc(C(=O)O)ccc2N2CCCC2)cc1. The molecule has 28 heavy (non-hydrogen) atoms. The van der Waals surface area contributed by atoms with Gasteiger partial charge in [0.2, 0.25) is 10.0 Å². The van der Waals surface area contributed by atoms with Gasteiger partial charge in [-0.3, -0.25) is 0 Å².